The predicted molar refractivity (Wildman–Crippen MR) is 103 cm³/mol. The van der Waals surface area contributed by atoms with Gasteiger partial charge in [-0.15, -0.1) is 0 Å². The van der Waals surface area contributed by atoms with Crippen molar-refractivity contribution in [3.63, 3.8) is 0 Å². The Morgan fingerprint density at radius 1 is 0.958 bits per heavy atom. The minimum absolute atomic E-state index is 0.680. The van der Waals surface area contributed by atoms with Crippen LogP contribution in [0.1, 0.15) is 41.5 Å². The van der Waals surface area contributed by atoms with Crippen LogP contribution in [0.5, 0.6) is 0 Å². The van der Waals surface area contributed by atoms with Crippen molar-refractivity contribution in [1.29, 1.82) is 0 Å². The van der Waals surface area contributed by atoms with Gasteiger partial charge in [-0.3, -0.25) is 0 Å². The number of hydrogen-bond acceptors (Lipinski definition) is 2. The summed E-state index contributed by atoms with van der Waals surface area (Å²) in [5.74, 6) is 0. The molecule has 0 aliphatic rings. The van der Waals surface area contributed by atoms with Gasteiger partial charge in [-0.1, -0.05) is 41.5 Å². The van der Waals surface area contributed by atoms with Crippen molar-refractivity contribution < 1.29 is 0 Å². The molecule has 24 heavy (non-hydrogen) atoms. The molecule has 0 amide bonds. The number of rotatable bonds is 5. The quantitative estimate of drug-likeness (QED) is 0.597. The monoisotopic (exact) mass is 340 g/mol. The van der Waals surface area contributed by atoms with Gasteiger partial charge in [0.15, 0.2) is 13.9 Å². The Bertz CT molecular complexity index is 807. The van der Waals surface area contributed by atoms with E-state index in [1.165, 1.54) is 5.56 Å². The fourth-order valence-electron chi connectivity index (χ4n) is 4.72. The molecular formula is C19H28N4Si. The molecule has 128 valence electrons. The molecule has 0 atom stereocenters. The first kappa shape index (κ1) is 17.0. The lowest BCUT2D eigenvalue weighted by atomic mass is 10.2. The van der Waals surface area contributed by atoms with Crippen LogP contribution in [0, 0.1) is 0 Å². The summed E-state index contributed by atoms with van der Waals surface area (Å²) in [6, 6.07) is 4.13. The molecule has 0 saturated heterocycles. The summed E-state index contributed by atoms with van der Waals surface area (Å²) in [6.45, 7) is 14.3. The van der Waals surface area contributed by atoms with E-state index in [0.29, 0.717) is 16.6 Å². The first-order chi connectivity index (χ1) is 11.4. The van der Waals surface area contributed by atoms with Gasteiger partial charge in [0.1, 0.15) is 0 Å². The highest BCUT2D eigenvalue weighted by Gasteiger charge is 2.44. The molecule has 3 aromatic heterocycles. The molecule has 3 aromatic rings. The Morgan fingerprint density at radius 3 is 2.25 bits per heavy atom. The summed E-state index contributed by atoms with van der Waals surface area (Å²) in [6.07, 6.45) is 10.3. The summed E-state index contributed by atoms with van der Waals surface area (Å²) in [5, 5.41) is 4.43. The van der Waals surface area contributed by atoms with Gasteiger partial charge in [0.25, 0.3) is 0 Å². The molecule has 0 N–H and O–H groups in total. The molecule has 0 aliphatic heterocycles. The minimum atomic E-state index is -1.69. The van der Waals surface area contributed by atoms with Crippen LogP contribution in [0.25, 0.3) is 16.8 Å². The number of nitrogens with zero attached hydrogens (tertiary/aromatic N) is 4. The number of aromatic nitrogens is 4. The topological polar surface area (TPSA) is 35.1 Å². The molecule has 0 radical (unpaired) electrons. The number of fused-ring (bicyclic) bond motifs is 1. The zero-order chi connectivity index (χ0) is 17.5. The standard InChI is InChI=1S/C19H28N4Si/c1-14(2)24(15(3)4,16(5)6)22-11-8-17(13-22)18-12-21-23-10-7-9-20-19(18)23/h7-16H,1-6H3. The SMILES string of the molecule is CC(C)[Si](C(C)C)(C(C)C)n1ccc(-c2cnn3cccnc23)c1. The summed E-state index contributed by atoms with van der Waals surface area (Å²) >= 11 is 0. The maximum Gasteiger partial charge on any atom is 0.168 e. The van der Waals surface area contributed by atoms with Crippen LogP contribution < -0.4 is 0 Å². The lowest BCUT2D eigenvalue weighted by Gasteiger charge is -2.44. The Labute approximate surface area is 145 Å². The Kier molecular flexibility index (Phi) is 4.38. The molecule has 3 heterocycles. The van der Waals surface area contributed by atoms with Gasteiger partial charge in [-0.25, -0.2) is 9.50 Å². The highest BCUT2D eigenvalue weighted by Crippen LogP contribution is 2.43. The lowest BCUT2D eigenvalue weighted by Crippen LogP contribution is -2.51. The maximum absolute atomic E-state index is 4.50. The van der Waals surface area contributed by atoms with E-state index in [4.69, 9.17) is 0 Å². The Balaban J connectivity index is 2.12. The molecule has 0 fully saturated rings. The summed E-state index contributed by atoms with van der Waals surface area (Å²) in [5.41, 5.74) is 5.27. The molecule has 0 spiro atoms. The van der Waals surface area contributed by atoms with Crippen LogP contribution in [0.3, 0.4) is 0 Å². The first-order valence-electron chi connectivity index (χ1n) is 8.86. The van der Waals surface area contributed by atoms with Crippen LogP contribution in [0.2, 0.25) is 16.6 Å². The fourth-order valence-corrected chi connectivity index (χ4v) is 11.2. The van der Waals surface area contributed by atoms with E-state index in [0.717, 1.165) is 11.2 Å². The average molecular weight is 341 g/mol. The molecule has 0 aliphatic carbocycles. The van der Waals surface area contributed by atoms with Crippen LogP contribution in [0.4, 0.5) is 0 Å². The predicted octanol–water partition coefficient (Wildman–Crippen LogP) is 5.22. The largest absolute Gasteiger partial charge is 0.379 e. The van der Waals surface area contributed by atoms with E-state index in [1.54, 1.807) is 0 Å². The number of hydrogen-bond donors (Lipinski definition) is 0. The van der Waals surface area contributed by atoms with Crippen LogP contribution in [0.15, 0.2) is 43.1 Å². The summed E-state index contributed by atoms with van der Waals surface area (Å²) in [4.78, 5) is 4.50. The van der Waals surface area contributed by atoms with E-state index in [2.05, 4.69) is 74.3 Å². The van der Waals surface area contributed by atoms with E-state index in [1.807, 2.05) is 29.2 Å². The molecule has 4 nitrogen and oxygen atoms in total. The summed E-state index contributed by atoms with van der Waals surface area (Å²) in [7, 11) is -1.69. The second kappa shape index (κ2) is 6.20. The lowest BCUT2D eigenvalue weighted by molar-refractivity contribution is 0.766. The van der Waals surface area contributed by atoms with Crippen LogP contribution in [-0.4, -0.2) is 27.1 Å². The molecule has 0 aromatic carbocycles. The highest BCUT2D eigenvalue weighted by molar-refractivity contribution is 6.82. The summed E-state index contributed by atoms with van der Waals surface area (Å²) < 4.78 is 4.40. The maximum atomic E-state index is 4.50. The van der Waals surface area contributed by atoms with E-state index in [9.17, 15) is 0 Å². The molecule has 3 rings (SSSR count). The average Bonchev–Trinajstić information content (AvgIpc) is 3.13. The first-order valence-corrected chi connectivity index (χ1v) is 11.0. The second-order valence-electron chi connectivity index (χ2n) is 7.60. The van der Waals surface area contributed by atoms with Crippen molar-refractivity contribution in [2.24, 2.45) is 0 Å². The van der Waals surface area contributed by atoms with Gasteiger partial charge in [-0.05, 0) is 35.0 Å². The Hall–Kier alpha value is -1.88. The van der Waals surface area contributed by atoms with Gasteiger partial charge in [0.05, 0.1) is 6.20 Å². The third-order valence-electron chi connectivity index (χ3n) is 5.50. The minimum Gasteiger partial charge on any atom is -0.379 e. The van der Waals surface area contributed by atoms with Crippen molar-refractivity contribution in [3.05, 3.63) is 43.1 Å². The third kappa shape index (κ3) is 2.42. The fraction of sp³-hybridized carbons (Fsp3) is 0.474. The third-order valence-corrected chi connectivity index (χ3v) is 12.2. The van der Waals surface area contributed by atoms with Gasteiger partial charge < -0.3 is 4.23 Å². The normalized spacial score (nSPS) is 12.9. The van der Waals surface area contributed by atoms with Gasteiger partial charge in [0, 0.05) is 29.7 Å². The molecule has 0 bridgehead atoms. The van der Waals surface area contributed by atoms with Crippen LogP contribution in [-0.2, 0) is 0 Å². The zero-order valence-corrected chi connectivity index (χ0v) is 16.6. The second-order valence-corrected chi connectivity index (χ2v) is 13.4. The zero-order valence-electron chi connectivity index (χ0n) is 15.6. The van der Waals surface area contributed by atoms with E-state index in [-0.39, 0.29) is 0 Å². The molecule has 0 saturated carbocycles. The molecule has 0 unspecified atom stereocenters. The van der Waals surface area contributed by atoms with Crippen molar-refractivity contribution in [3.8, 4) is 11.1 Å². The van der Waals surface area contributed by atoms with Crippen molar-refractivity contribution >= 4 is 13.9 Å². The van der Waals surface area contributed by atoms with Crippen LogP contribution >= 0.6 is 0 Å². The molecule has 5 heteroatoms. The smallest absolute Gasteiger partial charge is 0.168 e. The van der Waals surface area contributed by atoms with E-state index < -0.39 is 8.24 Å². The van der Waals surface area contributed by atoms with E-state index >= 15 is 0 Å². The van der Waals surface area contributed by atoms with Crippen molar-refractivity contribution in [2.45, 2.75) is 58.2 Å². The Morgan fingerprint density at radius 2 is 1.62 bits per heavy atom. The van der Waals surface area contributed by atoms with Crippen molar-refractivity contribution in [1.82, 2.24) is 18.8 Å². The van der Waals surface area contributed by atoms with Gasteiger partial charge in [0.2, 0.25) is 0 Å². The molecular weight excluding hydrogens is 312 g/mol. The van der Waals surface area contributed by atoms with Crippen molar-refractivity contribution in [2.75, 3.05) is 0 Å². The van der Waals surface area contributed by atoms with Gasteiger partial charge in [-0.2, -0.15) is 5.10 Å². The van der Waals surface area contributed by atoms with Gasteiger partial charge >= 0.3 is 0 Å². The highest BCUT2D eigenvalue weighted by atomic mass is 28.3.